The molecular formula is C15H28N2O3. The molecule has 0 aliphatic carbocycles. The van der Waals surface area contributed by atoms with Gasteiger partial charge in [-0.05, 0) is 37.5 Å². The number of carboxylic acid groups (broad SMARTS) is 1. The Hall–Kier alpha value is -1.26. The van der Waals surface area contributed by atoms with Gasteiger partial charge in [0, 0.05) is 12.6 Å². The number of likely N-dealkylation sites (tertiary alicyclic amines) is 1. The lowest BCUT2D eigenvalue weighted by Gasteiger charge is -2.44. The van der Waals surface area contributed by atoms with Gasteiger partial charge in [-0.25, -0.2) is 9.59 Å². The minimum atomic E-state index is -0.915. The zero-order valence-electron chi connectivity index (χ0n) is 13.3. The van der Waals surface area contributed by atoms with Gasteiger partial charge in [-0.3, -0.25) is 0 Å². The van der Waals surface area contributed by atoms with Crippen LogP contribution in [-0.2, 0) is 4.79 Å². The van der Waals surface area contributed by atoms with Gasteiger partial charge in [0.05, 0.1) is 0 Å². The molecule has 0 bridgehead atoms. The van der Waals surface area contributed by atoms with Crippen LogP contribution in [0.4, 0.5) is 4.79 Å². The summed E-state index contributed by atoms with van der Waals surface area (Å²) in [7, 11) is 0. The van der Waals surface area contributed by atoms with Gasteiger partial charge in [-0.1, -0.05) is 27.7 Å². The Bertz CT molecular complexity index is 366. The maximum atomic E-state index is 12.3. The van der Waals surface area contributed by atoms with Crippen molar-refractivity contribution in [3.05, 3.63) is 0 Å². The van der Waals surface area contributed by atoms with Crippen LogP contribution in [0.1, 0.15) is 53.9 Å². The third-order valence-electron chi connectivity index (χ3n) is 3.96. The molecule has 2 N–H and O–H groups in total. The molecule has 0 radical (unpaired) electrons. The molecule has 1 heterocycles. The molecule has 5 nitrogen and oxygen atoms in total. The molecule has 0 aromatic carbocycles. The summed E-state index contributed by atoms with van der Waals surface area (Å²) in [5, 5.41) is 12.4. The Kier molecular flexibility index (Phi) is 5.42. The molecule has 2 amide bonds. The molecule has 1 aliphatic heterocycles. The van der Waals surface area contributed by atoms with E-state index in [2.05, 4.69) is 19.2 Å². The van der Waals surface area contributed by atoms with Crippen molar-refractivity contribution in [2.75, 3.05) is 6.54 Å². The summed E-state index contributed by atoms with van der Waals surface area (Å²) in [6.07, 6.45) is 2.57. The van der Waals surface area contributed by atoms with E-state index >= 15 is 0 Å². The van der Waals surface area contributed by atoms with E-state index in [0.29, 0.717) is 12.5 Å². The monoisotopic (exact) mass is 284 g/mol. The van der Waals surface area contributed by atoms with Crippen LogP contribution in [0.25, 0.3) is 0 Å². The minimum absolute atomic E-state index is 0.0574. The highest BCUT2D eigenvalue weighted by atomic mass is 16.4. The molecule has 0 spiro atoms. The summed E-state index contributed by atoms with van der Waals surface area (Å²) < 4.78 is 0. The average molecular weight is 284 g/mol. The summed E-state index contributed by atoms with van der Waals surface area (Å²) in [5.74, 6) is -0.417. The standard InChI is InChI=1S/C15H28N2O3/c1-10(2)9-11(3)16-14(20)17-8-6-7-15(4,5)12(17)13(18)19/h10-12H,6-9H2,1-5H3,(H,16,20)(H,18,19). The highest BCUT2D eigenvalue weighted by molar-refractivity contribution is 5.83. The fourth-order valence-corrected chi connectivity index (χ4v) is 3.14. The van der Waals surface area contributed by atoms with E-state index in [9.17, 15) is 14.7 Å². The van der Waals surface area contributed by atoms with Crippen molar-refractivity contribution in [2.24, 2.45) is 11.3 Å². The van der Waals surface area contributed by atoms with E-state index in [-0.39, 0.29) is 17.5 Å². The van der Waals surface area contributed by atoms with E-state index in [1.165, 1.54) is 4.90 Å². The van der Waals surface area contributed by atoms with Crippen molar-refractivity contribution in [3.8, 4) is 0 Å². The van der Waals surface area contributed by atoms with Crippen LogP contribution in [-0.4, -0.2) is 40.6 Å². The van der Waals surface area contributed by atoms with Crippen molar-refractivity contribution in [1.29, 1.82) is 0 Å². The highest BCUT2D eigenvalue weighted by Gasteiger charge is 2.44. The van der Waals surface area contributed by atoms with Crippen LogP contribution in [0.15, 0.2) is 0 Å². The molecule has 5 heteroatoms. The fourth-order valence-electron chi connectivity index (χ4n) is 3.14. The molecule has 20 heavy (non-hydrogen) atoms. The van der Waals surface area contributed by atoms with E-state index in [1.807, 2.05) is 20.8 Å². The SMILES string of the molecule is CC(C)CC(C)NC(=O)N1CCCC(C)(C)C1C(=O)O. The van der Waals surface area contributed by atoms with Gasteiger partial charge in [0.2, 0.25) is 0 Å². The van der Waals surface area contributed by atoms with Gasteiger partial charge in [0.15, 0.2) is 0 Å². The van der Waals surface area contributed by atoms with Crippen molar-refractivity contribution in [1.82, 2.24) is 10.2 Å². The smallest absolute Gasteiger partial charge is 0.327 e. The maximum Gasteiger partial charge on any atom is 0.327 e. The van der Waals surface area contributed by atoms with Crippen molar-refractivity contribution in [3.63, 3.8) is 0 Å². The Balaban J connectivity index is 2.76. The molecule has 2 atom stereocenters. The first-order valence-electron chi connectivity index (χ1n) is 7.45. The normalized spacial score (nSPS) is 23.5. The van der Waals surface area contributed by atoms with Gasteiger partial charge >= 0.3 is 12.0 Å². The van der Waals surface area contributed by atoms with Gasteiger partial charge < -0.3 is 15.3 Å². The number of carbonyl (C=O) groups excluding carboxylic acids is 1. The number of nitrogens with zero attached hydrogens (tertiary/aromatic N) is 1. The second-order valence-electron chi connectivity index (χ2n) is 7.01. The van der Waals surface area contributed by atoms with Crippen LogP contribution < -0.4 is 5.32 Å². The number of aliphatic carboxylic acids is 1. The average Bonchev–Trinajstić information content (AvgIpc) is 2.24. The number of piperidine rings is 1. The molecule has 1 saturated heterocycles. The number of carboxylic acids is 1. The Morgan fingerprint density at radius 3 is 2.45 bits per heavy atom. The third kappa shape index (κ3) is 4.12. The van der Waals surface area contributed by atoms with Crippen molar-refractivity contribution < 1.29 is 14.7 Å². The van der Waals surface area contributed by atoms with Crippen molar-refractivity contribution in [2.45, 2.75) is 66.0 Å². The summed E-state index contributed by atoms with van der Waals surface area (Å²) in [5.41, 5.74) is -0.386. The van der Waals surface area contributed by atoms with E-state index in [0.717, 1.165) is 19.3 Å². The van der Waals surface area contributed by atoms with Gasteiger partial charge in [0.25, 0.3) is 0 Å². The fraction of sp³-hybridized carbons (Fsp3) is 0.867. The quantitative estimate of drug-likeness (QED) is 0.834. The van der Waals surface area contributed by atoms with E-state index < -0.39 is 12.0 Å². The van der Waals surface area contributed by atoms with E-state index in [4.69, 9.17) is 0 Å². The first-order valence-corrected chi connectivity index (χ1v) is 7.45. The molecule has 0 saturated carbocycles. The molecule has 1 aliphatic rings. The number of carbonyl (C=O) groups is 2. The summed E-state index contributed by atoms with van der Waals surface area (Å²) >= 11 is 0. The second-order valence-corrected chi connectivity index (χ2v) is 7.01. The zero-order chi connectivity index (χ0) is 15.5. The minimum Gasteiger partial charge on any atom is -0.480 e. The lowest BCUT2D eigenvalue weighted by molar-refractivity contribution is -0.148. The first kappa shape index (κ1) is 16.8. The van der Waals surface area contributed by atoms with Gasteiger partial charge in [-0.15, -0.1) is 0 Å². The molecular weight excluding hydrogens is 256 g/mol. The maximum absolute atomic E-state index is 12.3. The number of hydrogen-bond acceptors (Lipinski definition) is 2. The number of urea groups is 1. The summed E-state index contributed by atoms with van der Waals surface area (Å²) in [6, 6.07) is -0.942. The predicted molar refractivity (Wildman–Crippen MR) is 78.6 cm³/mol. The Morgan fingerprint density at radius 2 is 1.95 bits per heavy atom. The summed E-state index contributed by atoms with van der Waals surface area (Å²) in [4.78, 5) is 25.4. The van der Waals surface area contributed by atoms with Gasteiger partial charge in [-0.2, -0.15) is 0 Å². The number of hydrogen-bond donors (Lipinski definition) is 2. The predicted octanol–water partition coefficient (Wildman–Crippen LogP) is 2.71. The van der Waals surface area contributed by atoms with Gasteiger partial charge in [0.1, 0.15) is 6.04 Å². The molecule has 0 aromatic rings. The second kappa shape index (κ2) is 6.46. The van der Waals surface area contributed by atoms with Crippen molar-refractivity contribution >= 4 is 12.0 Å². The summed E-state index contributed by atoms with van der Waals surface area (Å²) in [6.45, 7) is 10.5. The molecule has 1 fully saturated rings. The molecule has 2 unspecified atom stereocenters. The topological polar surface area (TPSA) is 69.6 Å². The van der Waals surface area contributed by atoms with E-state index in [1.54, 1.807) is 0 Å². The highest BCUT2D eigenvalue weighted by Crippen LogP contribution is 2.35. The molecule has 116 valence electrons. The Labute approximate surface area is 121 Å². The first-order chi connectivity index (χ1) is 9.15. The van der Waals surface area contributed by atoms with Crippen LogP contribution in [0.2, 0.25) is 0 Å². The lowest BCUT2D eigenvalue weighted by atomic mass is 9.76. The number of rotatable bonds is 4. The third-order valence-corrected chi connectivity index (χ3v) is 3.96. The Morgan fingerprint density at radius 1 is 1.35 bits per heavy atom. The van der Waals surface area contributed by atoms with Crippen LogP contribution in [0.5, 0.6) is 0 Å². The number of amides is 2. The zero-order valence-corrected chi connectivity index (χ0v) is 13.3. The van der Waals surface area contributed by atoms with Crippen LogP contribution in [0.3, 0.4) is 0 Å². The lowest BCUT2D eigenvalue weighted by Crippen LogP contribution is -2.59. The molecule has 0 aromatic heterocycles. The number of nitrogens with one attached hydrogen (secondary N) is 1. The van der Waals surface area contributed by atoms with Crippen LogP contribution in [0, 0.1) is 11.3 Å². The molecule has 1 rings (SSSR count). The van der Waals surface area contributed by atoms with Crippen LogP contribution >= 0.6 is 0 Å². The largest absolute Gasteiger partial charge is 0.480 e.